The van der Waals surface area contributed by atoms with Gasteiger partial charge < -0.3 is 14.5 Å². The average molecular weight is 330 g/mol. The minimum Gasteiger partial charge on any atom is -0.383 e. The van der Waals surface area contributed by atoms with Crippen LogP contribution in [0.5, 0.6) is 0 Å². The van der Waals surface area contributed by atoms with Crippen LogP contribution in [0.4, 0.5) is 0 Å². The molecule has 1 fully saturated rings. The van der Waals surface area contributed by atoms with Crippen LogP contribution in [0.1, 0.15) is 24.0 Å². The van der Waals surface area contributed by atoms with Crippen LogP contribution in [-0.2, 0) is 22.4 Å². The second-order valence-electron chi connectivity index (χ2n) is 7.39. The molecular formula is C20H30N2O2. The molecule has 4 nitrogen and oxygen atoms in total. The van der Waals surface area contributed by atoms with E-state index in [2.05, 4.69) is 29.2 Å². The molecule has 0 bridgehead atoms. The van der Waals surface area contributed by atoms with Crippen LogP contribution in [0.25, 0.3) is 0 Å². The van der Waals surface area contributed by atoms with Gasteiger partial charge in [-0.3, -0.25) is 4.79 Å². The van der Waals surface area contributed by atoms with Crippen molar-refractivity contribution in [3.05, 3.63) is 35.4 Å². The SMILES string of the molecule is COCCN1CCC[C@H](CN(C)C(=O)C2Cc3ccccc3C2)C1. The fourth-order valence-electron chi connectivity index (χ4n) is 4.25. The molecule has 0 saturated carbocycles. The maximum atomic E-state index is 12.8. The van der Waals surface area contributed by atoms with Crippen molar-refractivity contribution < 1.29 is 9.53 Å². The Morgan fingerprint density at radius 1 is 1.29 bits per heavy atom. The van der Waals surface area contributed by atoms with Crippen LogP contribution in [0.15, 0.2) is 24.3 Å². The zero-order valence-corrected chi connectivity index (χ0v) is 15.0. The van der Waals surface area contributed by atoms with E-state index >= 15 is 0 Å². The second kappa shape index (κ2) is 8.13. The Balaban J connectivity index is 1.50. The van der Waals surface area contributed by atoms with E-state index in [-0.39, 0.29) is 5.92 Å². The summed E-state index contributed by atoms with van der Waals surface area (Å²) in [5.41, 5.74) is 2.71. The number of carbonyl (C=O) groups is 1. The van der Waals surface area contributed by atoms with Crippen molar-refractivity contribution in [3.8, 4) is 0 Å². The van der Waals surface area contributed by atoms with Gasteiger partial charge >= 0.3 is 0 Å². The standard InChI is InChI=1S/C20H30N2O2/c1-21(14-16-6-5-9-22(15-16)10-11-24-2)20(23)19-12-17-7-3-4-8-18(17)13-19/h3-4,7-8,16,19H,5-6,9-15H2,1-2H3/t16-/m1/s1. The average Bonchev–Trinajstić information content (AvgIpc) is 3.03. The summed E-state index contributed by atoms with van der Waals surface area (Å²) in [6.45, 7) is 4.93. The number of hydrogen-bond donors (Lipinski definition) is 0. The number of piperidine rings is 1. The normalized spacial score (nSPS) is 21.7. The van der Waals surface area contributed by atoms with Crippen LogP contribution in [0, 0.1) is 11.8 Å². The first kappa shape index (κ1) is 17.4. The van der Waals surface area contributed by atoms with Crippen LogP contribution < -0.4 is 0 Å². The van der Waals surface area contributed by atoms with E-state index in [0.717, 1.165) is 45.6 Å². The van der Waals surface area contributed by atoms with Crippen molar-refractivity contribution >= 4 is 5.91 Å². The summed E-state index contributed by atoms with van der Waals surface area (Å²) in [6.07, 6.45) is 4.27. The third-order valence-corrected chi connectivity index (χ3v) is 5.52. The molecule has 1 aromatic carbocycles. The number of fused-ring (bicyclic) bond motifs is 1. The molecule has 2 aliphatic rings. The molecule has 1 saturated heterocycles. The van der Waals surface area contributed by atoms with E-state index in [9.17, 15) is 4.79 Å². The Labute approximate surface area is 145 Å². The molecule has 1 amide bonds. The predicted molar refractivity (Wildman–Crippen MR) is 96.0 cm³/mol. The Kier molecular flexibility index (Phi) is 5.90. The monoisotopic (exact) mass is 330 g/mol. The molecular weight excluding hydrogens is 300 g/mol. The van der Waals surface area contributed by atoms with Gasteiger partial charge in [0.1, 0.15) is 0 Å². The first-order chi connectivity index (χ1) is 11.7. The number of rotatable bonds is 6. The van der Waals surface area contributed by atoms with E-state index < -0.39 is 0 Å². The summed E-state index contributed by atoms with van der Waals surface area (Å²) < 4.78 is 5.19. The Hall–Kier alpha value is -1.39. The lowest BCUT2D eigenvalue weighted by atomic mass is 9.96. The van der Waals surface area contributed by atoms with Gasteiger partial charge in [0.15, 0.2) is 0 Å². The van der Waals surface area contributed by atoms with Crippen LogP contribution >= 0.6 is 0 Å². The summed E-state index contributed by atoms with van der Waals surface area (Å²) in [5, 5.41) is 0. The highest BCUT2D eigenvalue weighted by Crippen LogP contribution is 2.28. The van der Waals surface area contributed by atoms with E-state index in [1.54, 1.807) is 7.11 Å². The van der Waals surface area contributed by atoms with Crippen molar-refractivity contribution in [3.63, 3.8) is 0 Å². The van der Waals surface area contributed by atoms with E-state index in [1.165, 1.54) is 24.0 Å². The highest BCUT2D eigenvalue weighted by atomic mass is 16.5. The van der Waals surface area contributed by atoms with Gasteiger partial charge in [0.05, 0.1) is 6.61 Å². The first-order valence-corrected chi connectivity index (χ1v) is 9.20. The molecule has 1 heterocycles. The molecule has 0 spiro atoms. The maximum absolute atomic E-state index is 12.8. The topological polar surface area (TPSA) is 32.8 Å². The van der Waals surface area contributed by atoms with Gasteiger partial charge in [0.25, 0.3) is 0 Å². The highest BCUT2D eigenvalue weighted by molar-refractivity contribution is 5.80. The van der Waals surface area contributed by atoms with Gasteiger partial charge in [-0.15, -0.1) is 0 Å². The first-order valence-electron chi connectivity index (χ1n) is 9.20. The lowest BCUT2D eigenvalue weighted by Crippen LogP contribution is -2.44. The van der Waals surface area contributed by atoms with Gasteiger partial charge in [-0.05, 0) is 49.3 Å². The highest BCUT2D eigenvalue weighted by Gasteiger charge is 2.30. The van der Waals surface area contributed by atoms with Crippen LogP contribution in [0.2, 0.25) is 0 Å². The van der Waals surface area contributed by atoms with Crippen molar-refractivity contribution in [2.75, 3.05) is 46.9 Å². The summed E-state index contributed by atoms with van der Waals surface area (Å²) >= 11 is 0. The fourth-order valence-corrected chi connectivity index (χ4v) is 4.25. The van der Waals surface area contributed by atoms with Crippen molar-refractivity contribution in [2.24, 2.45) is 11.8 Å². The minimum absolute atomic E-state index is 0.139. The largest absolute Gasteiger partial charge is 0.383 e. The number of ether oxygens (including phenoxy) is 1. The van der Waals surface area contributed by atoms with E-state index in [0.29, 0.717) is 11.8 Å². The molecule has 0 radical (unpaired) electrons. The summed E-state index contributed by atoms with van der Waals surface area (Å²) in [4.78, 5) is 17.3. The Morgan fingerprint density at radius 3 is 2.67 bits per heavy atom. The number of amides is 1. The Bertz CT molecular complexity index is 535. The van der Waals surface area contributed by atoms with Crippen LogP contribution in [-0.4, -0.2) is 62.7 Å². The molecule has 0 unspecified atom stereocenters. The zero-order chi connectivity index (χ0) is 16.9. The quantitative estimate of drug-likeness (QED) is 0.802. The van der Waals surface area contributed by atoms with Crippen LogP contribution in [0.3, 0.4) is 0 Å². The molecule has 24 heavy (non-hydrogen) atoms. The smallest absolute Gasteiger partial charge is 0.226 e. The minimum atomic E-state index is 0.139. The fraction of sp³-hybridized carbons (Fsp3) is 0.650. The number of benzene rings is 1. The van der Waals surface area contributed by atoms with Gasteiger partial charge in [0.2, 0.25) is 5.91 Å². The number of hydrogen-bond acceptors (Lipinski definition) is 3. The number of methoxy groups -OCH3 is 1. The second-order valence-corrected chi connectivity index (χ2v) is 7.39. The van der Waals surface area contributed by atoms with Crippen molar-refractivity contribution in [2.45, 2.75) is 25.7 Å². The maximum Gasteiger partial charge on any atom is 0.226 e. The summed E-state index contributed by atoms with van der Waals surface area (Å²) in [6, 6.07) is 8.48. The number of carbonyl (C=O) groups excluding carboxylic acids is 1. The van der Waals surface area contributed by atoms with E-state index in [4.69, 9.17) is 4.74 Å². The Morgan fingerprint density at radius 2 is 2.00 bits per heavy atom. The molecule has 0 aromatic heterocycles. The zero-order valence-electron chi connectivity index (χ0n) is 15.0. The van der Waals surface area contributed by atoms with E-state index in [1.807, 2.05) is 11.9 Å². The van der Waals surface area contributed by atoms with Gasteiger partial charge in [-0.1, -0.05) is 24.3 Å². The molecule has 0 N–H and O–H groups in total. The predicted octanol–water partition coefficient (Wildman–Crippen LogP) is 2.22. The van der Waals surface area contributed by atoms with Crippen molar-refractivity contribution in [1.82, 2.24) is 9.80 Å². The number of likely N-dealkylation sites (tertiary alicyclic amines) is 1. The summed E-state index contributed by atoms with van der Waals surface area (Å²) in [7, 11) is 3.74. The lowest BCUT2D eigenvalue weighted by Gasteiger charge is -2.35. The molecule has 4 heteroatoms. The molecule has 3 rings (SSSR count). The number of nitrogens with zero attached hydrogens (tertiary/aromatic N) is 2. The van der Waals surface area contributed by atoms with Gasteiger partial charge in [-0.25, -0.2) is 0 Å². The third kappa shape index (κ3) is 4.17. The summed E-state index contributed by atoms with van der Waals surface area (Å²) in [5.74, 6) is 1.05. The molecule has 132 valence electrons. The molecule has 1 aromatic rings. The van der Waals surface area contributed by atoms with Crippen molar-refractivity contribution in [1.29, 1.82) is 0 Å². The lowest BCUT2D eigenvalue weighted by molar-refractivity contribution is -0.134. The molecule has 1 aliphatic heterocycles. The molecule has 1 atom stereocenters. The van der Waals surface area contributed by atoms with Gasteiger partial charge in [-0.2, -0.15) is 0 Å². The third-order valence-electron chi connectivity index (χ3n) is 5.52. The van der Waals surface area contributed by atoms with Gasteiger partial charge in [0, 0.05) is 39.7 Å². The molecule has 1 aliphatic carbocycles.